The van der Waals surface area contributed by atoms with Gasteiger partial charge in [-0.1, -0.05) is 19.3 Å². The maximum Gasteiger partial charge on any atom is 0.357 e. The van der Waals surface area contributed by atoms with Gasteiger partial charge in [0.2, 0.25) is 5.91 Å². The summed E-state index contributed by atoms with van der Waals surface area (Å²) in [4.78, 5) is 26.7. The summed E-state index contributed by atoms with van der Waals surface area (Å²) in [5, 5.41) is 4.58. The Bertz CT molecular complexity index is 452. The minimum absolute atomic E-state index is 0.198. The van der Waals surface area contributed by atoms with Crippen molar-refractivity contribution < 1.29 is 14.3 Å². The molecule has 0 radical (unpaired) electrons. The van der Waals surface area contributed by atoms with Gasteiger partial charge in [0.1, 0.15) is 0 Å². The number of aromatic nitrogens is 1. The van der Waals surface area contributed by atoms with Crippen molar-refractivity contribution in [1.82, 2.24) is 4.98 Å². The Labute approximate surface area is 116 Å². The van der Waals surface area contributed by atoms with E-state index in [0.717, 1.165) is 12.8 Å². The van der Waals surface area contributed by atoms with E-state index in [2.05, 4.69) is 10.3 Å². The van der Waals surface area contributed by atoms with Crippen LogP contribution in [-0.4, -0.2) is 23.5 Å². The number of esters is 1. The first-order chi connectivity index (χ1) is 9.15. The molecule has 1 aromatic heterocycles. The van der Waals surface area contributed by atoms with Gasteiger partial charge in [-0.05, 0) is 18.8 Å². The number of rotatable bonds is 4. The first-order valence-electron chi connectivity index (χ1n) is 6.55. The molecule has 1 amide bonds. The van der Waals surface area contributed by atoms with Gasteiger partial charge in [-0.25, -0.2) is 9.78 Å². The number of carbonyl (C=O) groups excluding carboxylic acids is 2. The Morgan fingerprint density at radius 1 is 1.42 bits per heavy atom. The number of ether oxygens (including phenoxy) is 1. The molecule has 0 aromatic carbocycles. The molecule has 0 spiro atoms. The van der Waals surface area contributed by atoms with Crippen LogP contribution in [0.15, 0.2) is 5.38 Å². The average Bonchev–Trinajstić information content (AvgIpc) is 2.85. The van der Waals surface area contributed by atoms with Crippen LogP contribution in [0.25, 0.3) is 0 Å². The molecule has 19 heavy (non-hydrogen) atoms. The largest absolute Gasteiger partial charge is 0.461 e. The van der Waals surface area contributed by atoms with Gasteiger partial charge in [-0.3, -0.25) is 4.79 Å². The Morgan fingerprint density at radius 3 is 2.84 bits per heavy atom. The zero-order valence-corrected chi connectivity index (χ0v) is 11.8. The van der Waals surface area contributed by atoms with Crippen molar-refractivity contribution in [3.63, 3.8) is 0 Å². The summed E-state index contributed by atoms with van der Waals surface area (Å²) in [6.07, 6.45) is 6.02. The molecule has 6 heteroatoms. The molecule has 0 aliphatic heterocycles. The highest BCUT2D eigenvalue weighted by Gasteiger charge is 2.18. The lowest BCUT2D eigenvalue weighted by molar-refractivity contribution is -0.114. The van der Waals surface area contributed by atoms with Crippen molar-refractivity contribution in [3.8, 4) is 0 Å². The summed E-state index contributed by atoms with van der Waals surface area (Å²) < 4.78 is 5.28. The topological polar surface area (TPSA) is 68.3 Å². The van der Waals surface area contributed by atoms with Gasteiger partial charge in [0.15, 0.2) is 10.8 Å². The number of thiazole rings is 1. The number of carbonyl (C=O) groups is 2. The molecule has 0 bridgehead atoms. The molecule has 1 aromatic rings. The smallest absolute Gasteiger partial charge is 0.357 e. The summed E-state index contributed by atoms with van der Waals surface area (Å²) in [7, 11) is 0. The maximum atomic E-state index is 11.8. The molecule has 1 fully saturated rings. The number of nitrogens with one attached hydrogen (secondary N) is 1. The second-order valence-corrected chi connectivity index (χ2v) is 5.68. The third-order valence-electron chi connectivity index (χ3n) is 3.17. The minimum Gasteiger partial charge on any atom is -0.461 e. The molecule has 1 heterocycles. The Morgan fingerprint density at radius 2 is 2.16 bits per heavy atom. The average molecular weight is 282 g/mol. The zero-order chi connectivity index (χ0) is 13.7. The fourth-order valence-corrected chi connectivity index (χ4v) is 2.92. The molecule has 104 valence electrons. The standard InChI is InChI=1S/C13H18N2O3S/c1-9(16)14-13-15-11(8-19-13)12(17)18-7-10-5-3-2-4-6-10/h8,10H,2-7H2,1H3,(H,14,15,16). The van der Waals surface area contributed by atoms with E-state index in [-0.39, 0.29) is 11.6 Å². The van der Waals surface area contributed by atoms with Gasteiger partial charge in [0.05, 0.1) is 6.61 Å². The SMILES string of the molecule is CC(=O)Nc1nc(C(=O)OCC2CCCCC2)cs1. The van der Waals surface area contributed by atoms with E-state index < -0.39 is 5.97 Å². The fourth-order valence-electron chi connectivity index (χ4n) is 2.20. The maximum absolute atomic E-state index is 11.8. The van der Waals surface area contributed by atoms with Crippen molar-refractivity contribution >= 4 is 28.3 Å². The molecule has 2 rings (SSSR count). The number of amides is 1. The summed E-state index contributed by atoms with van der Waals surface area (Å²) in [6.45, 7) is 1.88. The Kier molecular flexibility index (Phi) is 4.90. The quantitative estimate of drug-likeness (QED) is 0.862. The van der Waals surface area contributed by atoms with E-state index >= 15 is 0 Å². The molecule has 0 saturated heterocycles. The van der Waals surface area contributed by atoms with E-state index in [4.69, 9.17) is 4.74 Å². The second kappa shape index (κ2) is 6.65. The van der Waals surface area contributed by atoms with Crippen molar-refractivity contribution in [2.75, 3.05) is 11.9 Å². The van der Waals surface area contributed by atoms with E-state index in [0.29, 0.717) is 17.7 Å². The molecular formula is C13H18N2O3S. The van der Waals surface area contributed by atoms with Crippen LogP contribution in [0.3, 0.4) is 0 Å². The van der Waals surface area contributed by atoms with Crippen LogP contribution >= 0.6 is 11.3 Å². The zero-order valence-electron chi connectivity index (χ0n) is 11.0. The molecule has 1 aliphatic carbocycles. The lowest BCUT2D eigenvalue weighted by Crippen LogP contribution is -2.17. The normalized spacial score (nSPS) is 16.1. The van der Waals surface area contributed by atoms with Gasteiger partial charge < -0.3 is 10.1 Å². The van der Waals surface area contributed by atoms with E-state index in [1.54, 1.807) is 5.38 Å². The summed E-state index contributed by atoms with van der Waals surface area (Å²) in [5.41, 5.74) is 0.268. The Balaban J connectivity index is 1.81. The summed E-state index contributed by atoms with van der Waals surface area (Å²) in [6, 6.07) is 0. The second-order valence-electron chi connectivity index (χ2n) is 4.82. The summed E-state index contributed by atoms with van der Waals surface area (Å²) >= 11 is 1.22. The minimum atomic E-state index is -0.404. The number of nitrogens with zero attached hydrogens (tertiary/aromatic N) is 1. The van der Waals surface area contributed by atoms with Crippen molar-refractivity contribution in [3.05, 3.63) is 11.1 Å². The van der Waals surface area contributed by atoms with Gasteiger partial charge in [0.25, 0.3) is 0 Å². The van der Waals surface area contributed by atoms with Crippen LogP contribution < -0.4 is 5.32 Å². The van der Waals surface area contributed by atoms with Crippen LogP contribution in [0.4, 0.5) is 5.13 Å². The summed E-state index contributed by atoms with van der Waals surface area (Å²) in [5.74, 6) is -0.110. The molecule has 5 nitrogen and oxygen atoms in total. The van der Waals surface area contributed by atoms with Gasteiger partial charge >= 0.3 is 5.97 Å². The lowest BCUT2D eigenvalue weighted by atomic mass is 9.90. The van der Waals surface area contributed by atoms with Gasteiger partial charge in [0, 0.05) is 12.3 Å². The highest BCUT2D eigenvalue weighted by atomic mass is 32.1. The van der Waals surface area contributed by atoms with E-state index in [1.165, 1.54) is 37.5 Å². The van der Waals surface area contributed by atoms with Crippen LogP contribution in [0.5, 0.6) is 0 Å². The first kappa shape index (κ1) is 14.0. The van der Waals surface area contributed by atoms with Crippen molar-refractivity contribution in [2.45, 2.75) is 39.0 Å². The Hall–Kier alpha value is -1.43. The molecule has 0 atom stereocenters. The molecule has 1 saturated carbocycles. The van der Waals surface area contributed by atoms with Crippen molar-refractivity contribution in [1.29, 1.82) is 0 Å². The number of anilines is 1. The van der Waals surface area contributed by atoms with Crippen LogP contribution in [0, 0.1) is 5.92 Å². The third kappa shape index (κ3) is 4.31. The molecule has 1 N–H and O–H groups in total. The van der Waals surface area contributed by atoms with Gasteiger partial charge in [-0.15, -0.1) is 11.3 Å². The first-order valence-corrected chi connectivity index (χ1v) is 7.43. The number of hydrogen-bond donors (Lipinski definition) is 1. The highest BCUT2D eigenvalue weighted by Crippen LogP contribution is 2.24. The fraction of sp³-hybridized carbons (Fsp3) is 0.615. The highest BCUT2D eigenvalue weighted by molar-refractivity contribution is 7.14. The van der Waals surface area contributed by atoms with E-state index in [9.17, 15) is 9.59 Å². The monoisotopic (exact) mass is 282 g/mol. The van der Waals surface area contributed by atoms with E-state index in [1.807, 2.05) is 0 Å². The van der Waals surface area contributed by atoms with Crippen LogP contribution in [0.1, 0.15) is 49.5 Å². The predicted molar refractivity (Wildman–Crippen MR) is 73.3 cm³/mol. The van der Waals surface area contributed by atoms with Crippen LogP contribution in [0.2, 0.25) is 0 Å². The molecule has 1 aliphatic rings. The number of hydrogen-bond acceptors (Lipinski definition) is 5. The lowest BCUT2D eigenvalue weighted by Gasteiger charge is -2.20. The molecular weight excluding hydrogens is 264 g/mol. The third-order valence-corrected chi connectivity index (χ3v) is 3.93. The predicted octanol–water partition coefficient (Wildman–Crippen LogP) is 2.84. The molecule has 0 unspecified atom stereocenters. The van der Waals surface area contributed by atoms with Crippen LogP contribution in [-0.2, 0) is 9.53 Å². The van der Waals surface area contributed by atoms with Gasteiger partial charge in [-0.2, -0.15) is 0 Å². The van der Waals surface area contributed by atoms with Crippen molar-refractivity contribution in [2.24, 2.45) is 5.92 Å².